The number of hydrogen-bond donors (Lipinski definition) is 2. The third-order valence-electron chi connectivity index (χ3n) is 4.41. The standard InChI is InChI=1S/C19H29N3O2/c1-19(2,3)13-21-17(23)15-4-6-16(7-5-15)18(24)22-10-8-14(12-20)9-11-22/h4-7,14H,8-13,20H2,1-3H3,(H,21,23). The van der Waals surface area contributed by atoms with Crippen LogP contribution in [0.15, 0.2) is 24.3 Å². The monoisotopic (exact) mass is 331 g/mol. The van der Waals surface area contributed by atoms with E-state index in [1.807, 2.05) is 4.90 Å². The van der Waals surface area contributed by atoms with Crippen LogP contribution in [-0.2, 0) is 0 Å². The number of likely N-dealkylation sites (tertiary alicyclic amines) is 1. The molecule has 0 bridgehead atoms. The second-order valence-corrected chi connectivity index (χ2v) is 7.79. The van der Waals surface area contributed by atoms with E-state index in [0.29, 0.717) is 30.1 Å². The van der Waals surface area contributed by atoms with Crippen molar-refractivity contribution in [3.8, 4) is 0 Å². The zero-order valence-electron chi connectivity index (χ0n) is 15.0. The summed E-state index contributed by atoms with van der Waals surface area (Å²) in [5.74, 6) is 0.461. The van der Waals surface area contributed by atoms with E-state index < -0.39 is 0 Å². The molecule has 2 amide bonds. The lowest BCUT2D eigenvalue weighted by molar-refractivity contribution is 0.0693. The first-order chi connectivity index (χ1) is 11.3. The van der Waals surface area contributed by atoms with E-state index in [1.165, 1.54) is 0 Å². The minimum absolute atomic E-state index is 0.0344. The Bertz CT molecular complexity index is 567. The number of benzene rings is 1. The zero-order valence-corrected chi connectivity index (χ0v) is 15.0. The van der Waals surface area contributed by atoms with Crippen molar-refractivity contribution in [1.82, 2.24) is 10.2 Å². The first kappa shape index (κ1) is 18.5. The molecule has 2 rings (SSSR count). The molecule has 5 nitrogen and oxygen atoms in total. The van der Waals surface area contributed by atoms with Gasteiger partial charge in [-0.05, 0) is 55.0 Å². The van der Waals surface area contributed by atoms with Crippen molar-refractivity contribution in [2.24, 2.45) is 17.1 Å². The van der Waals surface area contributed by atoms with E-state index in [-0.39, 0.29) is 17.2 Å². The van der Waals surface area contributed by atoms with Crippen molar-refractivity contribution in [3.63, 3.8) is 0 Å². The number of amides is 2. The van der Waals surface area contributed by atoms with Crippen LogP contribution in [0.3, 0.4) is 0 Å². The molecule has 1 heterocycles. The normalized spacial score (nSPS) is 16.1. The van der Waals surface area contributed by atoms with Crippen LogP contribution >= 0.6 is 0 Å². The largest absolute Gasteiger partial charge is 0.352 e. The molecule has 24 heavy (non-hydrogen) atoms. The third kappa shape index (κ3) is 5.06. The molecule has 3 N–H and O–H groups in total. The predicted molar refractivity (Wildman–Crippen MR) is 95.9 cm³/mol. The highest BCUT2D eigenvalue weighted by Gasteiger charge is 2.23. The van der Waals surface area contributed by atoms with E-state index in [1.54, 1.807) is 24.3 Å². The summed E-state index contributed by atoms with van der Waals surface area (Å²) in [5.41, 5.74) is 6.95. The van der Waals surface area contributed by atoms with Crippen LogP contribution in [-0.4, -0.2) is 42.9 Å². The number of nitrogens with one attached hydrogen (secondary N) is 1. The van der Waals surface area contributed by atoms with Crippen LogP contribution in [0.25, 0.3) is 0 Å². The van der Waals surface area contributed by atoms with E-state index >= 15 is 0 Å². The SMILES string of the molecule is CC(C)(C)CNC(=O)c1ccc(C(=O)N2CCC(CN)CC2)cc1. The van der Waals surface area contributed by atoms with Gasteiger partial charge in [0.05, 0.1) is 0 Å². The summed E-state index contributed by atoms with van der Waals surface area (Å²) in [4.78, 5) is 26.5. The van der Waals surface area contributed by atoms with Gasteiger partial charge in [-0.2, -0.15) is 0 Å². The quantitative estimate of drug-likeness (QED) is 0.889. The number of carbonyl (C=O) groups is 2. The highest BCUT2D eigenvalue weighted by Crippen LogP contribution is 2.18. The topological polar surface area (TPSA) is 75.4 Å². The lowest BCUT2D eigenvalue weighted by Gasteiger charge is -2.31. The van der Waals surface area contributed by atoms with Gasteiger partial charge in [0, 0.05) is 30.8 Å². The predicted octanol–water partition coefficient (Wildman–Crippen LogP) is 2.27. The van der Waals surface area contributed by atoms with Crippen molar-refractivity contribution >= 4 is 11.8 Å². The minimum atomic E-state index is -0.104. The number of carbonyl (C=O) groups excluding carboxylic acids is 2. The molecule has 132 valence electrons. The van der Waals surface area contributed by atoms with Crippen LogP contribution < -0.4 is 11.1 Å². The highest BCUT2D eigenvalue weighted by atomic mass is 16.2. The van der Waals surface area contributed by atoms with Crippen molar-refractivity contribution in [2.45, 2.75) is 33.6 Å². The minimum Gasteiger partial charge on any atom is -0.352 e. The molecule has 0 aromatic heterocycles. The van der Waals surface area contributed by atoms with Gasteiger partial charge < -0.3 is 16.0 Å². The third-order valence-corrected chi connectivity index (χ3v) is 4.41. The molecule has 1 aliphatic rings. The molecule has 1 saturated heterocycles. The Balaban J connectivity index is 1.94. The summed E-state index contributed by atoms with van der Waals surface area (Å²) in [6.45, 7) is 9.04. The second kappa shape index (κ2) is 7.79. The van der Waals surface area contributed by atoms with Gasteiger partial charge in [-0.1, -0.05) is 20.8 Å². The Morgan fingerprint density at radius 2 is 1.67 bits per heavy atom. The molecule has 1 aromatic carbocycles. The van der Waals surface area contributed by atoms with Crippen molar-refractivity contribution in [2.75, 3.05) is 26.2 Å². The summed E-state index contributed by atoms with van der Waals surface area (Å²) in [6.07, 6.45) is 1.94. The molecule has 0 spiro atoms. The molecule has 0 radical (unpaired) electrons. The molecular weight excluding hydrogens is 302 g/mol. The fourth-order valence-electron chi connectivity index (χ4n) is 2.77. The lowest BCUT2D eigenvalue weighted by atomic mass is 9.96. The van der Waals surface area contributed by atoms with Crippen molar-refractivity contribution in [1.29, 1.82) is 0 Å². The number of rotatable bonds is 4. The smallest absolute Gasteiger partial charge is 0.253 e. The molecule has 0 saturated carbocycles. The molecular formula is C19H29N3O2. The molecule has 1 fully saturated rings. The number of hydrogen-bond acceptors (Lipinski definition) is 3. The van der Waals surface area contributed by atoms with Gasteiger partial charge in [0.25, 0.3) is 11.8 Å². The maximum atomic E-state index is 12.5. The molecule has 1 aliphatic heterocycles. The molecule has 0 aliphatic carbocycles. The van der Waals surface area contributed by atoms with E-state index in [9.17, 15) is 9.59 Å². The average Bonchev–Trinajstić information content (AvgIpc) is 2.58. The van der Waals surface area contributed by atoms with Crippen molar-refractivity contribution in [3.05, 3.63) is 35.4 Å². The lowest BCUT2D eigenvalue weighted by Crippen LogP contribution is -2.40. The van der Waals surface area contributed by atoms with E-state index in [4.69, 9.17) is 5.73 Å². The Hall–Kier alpha value is -1.88. The van der Waals surface area contributed by atoms with Crippen LogP contribution in [0.2, 0.25) is 0 Å². The average molecular weight is 331 g/mol. The van der Waals surface area contributed by atoms with Gasteiger partial charge in [-0.3, -0.25) is 9.59 Å². The maximum absolute atomic E-state index is 12.5. The first-order valence-corrected chi connectivity index (χ1v) is 8.68. The van der Waals surface area contributed by atoms with Crippen LogP contribution in [0, 0.1) is 11.3 Å². The first-order valence-electron chi connectivity index (χ1n) is 8.68. The fraction of sp³-hybridized carbons (Fsp3) is 0.579. The number of nitrogens with zero attached hydrogens (tertiary/aromatic N) is 1. The van der Waals surface area contributed by atoms with Gasteiger partial charge in [-0.15, -0.1) is 0 Å². The van der Waals surface area contributed by atoms with Gasteiger partial charge in [0.15, 0.2) is 0 Å². The second-order valence-electron chi connectivity index (χ2n) is 7.79. The number of nitrogens with two attached hydrogens (primary N) is 1. The Morgan fingerprint density at radius 3 is 2.17 bits per heavy atom. The van der Waals surface area contributed by atoms with Crippen LogP contribution in [0.5, 0.6) is 0 Å². The Kier molecular flexibility index (Phi) is 5.99. The van der Waals surface area contributed by atoms with Crippen LogP contribution in [0.1, 0.15) is 54.3 Å². The van der Waals surface area contributed by atoms with Gasteiger partial charge in [0.2, 0.25) is 0 Å². The maximum Gasteiger partial charge on any atom is 0.253 e. The van der Waals surface area contributed by atoms with Gasteiger partial charge in [-0.25, -0.2) is 0 Å². The summed E-state index contributed by atoms with van der Waals surface area (Å²) in [5, 5.41) is 2.92. The summed E-state index contributed by atoms with van der Waals surface area (Å²) >= 11 is 0. The molecule has 0 atom stereocenters. The molecule has 1 aromatic rings. The Labute approximate surface area is 144 Å². The summed E-state index contributed by atoms with van der Waals surface area (Å²) in [6, 6.07) is 6.92. The van der Waals surface area contributed by atoms with E-state index in [2.05, 4.69) is 26.1 Å². The molecule has 5 heteroatoms. The summed E-state index contributed by atoms with van der Waals surface area (Å²) < 4.78 is 0. The van der Waals surface area contributed by atoms with Gasteiger partial charge >= 0.3 is 0 Å². The van der Waals surface area contributed by atoms with E-state index in [0.717, 1.165) is 25.9 Å². The number of piperidine rings is 1. The molecule has 0 unspecified atom stereocenters. The van der Waals surface area contributed by atoms with Crippen molar-refractivity contribution < 1.29 is 9.59 Å². The summed E-state index contributed by atoms with van der Waals surface area (Å²) in [7, 11) is 0. The Morgan fingerprint density at radius 1 is 1.12 bits per heavy atom. The highest BCUT2D eigenvalue weighted by molar-refractivity contribution is 5.97. The zero-order chi connectivity index (χ0) is 17.7. The van der Waals surface area contributed by atoms with Crippen LogP contribution in [0.4, 0.5) is 0 Å². The van der Waals surface area contributed by atoms with Gasteiger partial charge in [0.1, 0.15) is 0 Å². The fourth-order valence-corrected chi connectivity index (χ4v) is 2.77.